The molecule has 0 unspecified atom stereocenters. The molecular weight excluding hydrogens is 270 g/mol. The van der Waals surface area contributed by atoms with Crippen LogP contribution in [0.2, 0.25) is 0 Å². The second-order valence-corrected chi connectivity index (χ2v) is 5.60. The molecule has 0 saturated heterocycles. The summed E-state index contributed by atoms with van der Waals surface area (Å²) < 4.78 is 0. The number of nitrogens with zero attached hydrogens (tertiary/aromatic N) is 2. The summed E-state index contributed by atoms with van der Waals surface area (Å²) in [4.78, 5) is 20.9. The largest absolute Gasteiger partial charge is 0.331 e. The summed E-state index contributed by atoms with van der Waals surface area (Å²) in [5.41, 5.74) is 3.02. The lowest BCUT2D eigenvalue weighted by Gasteiger charge is -2.08. The molecule has 0 fully saturated rings. The van der Waals surface area contributed by atoms with E-state index in [9.17, 15) is 4.79 Å². The first-order valence-electron chi connectivity index (χ1n) is 6.23. The number of fused-ring (bicyclic) bond motifs is 1. The zero-order valence-electron chi connectivity index (χ0n) is 11.2. The van der Waals surface area contributed by atoms with Gasteiger partial charge in [-0.15, -0.1) is 0 Å². The van der Waals surface area contributed by atoms with E-state index in [1.54, 1.807) is 18.3 Å². The fraction of sp³-hybridized carbons (Fsp3) is 0.133. The summed E-state index contributed by atoms with van der Waals surface area (Å²) in [7, 11) is 0. The Hall–Kier alpha value is -2.27. The average Bonchev–Trinajstić information content (AvgIpc) is 2.42. The summed E-state index contributed by atoms with van der Waals surface area (Å²) in [5, 5.41) is 4.32. The molecule has 0 saturated carbocycles. The van der Waals surface area contributed by atoms with E-state index in [0.717, 1.165) is 11.3 Å². The highest BCUT2D eigenvalue weighted by Crippen LogP contribution is 2.24. The van der Waals surface area contributed by atoms with Crippen LogP contribution in [0.3, 0.4) is 0 Å². The van der Waals surface area contributed by atoms with Crippen molar-refractivity contribution in [2.24, 2.45) is 0 Å². The number of pyridine rings is 1. The molecule has 3 aromatic rings. The number of aromatic nitrogens is 2. The number of hydrogen-bond acceptors (Lipinski definition) is 5. The van der Waals surface area contributed by atoms with Gasteiger partial charge in [-0.2, -0.15) is 4.98 Å². The molecule has 0 aliphatic heterocycles. The Morgan fingerprint density at radius 2 is 2.05 bits per heavy atom. The molecule has 0 aliphatic carbocycles. The van der Waals surface area contributed by atoms with E-state index in [1.165, 1.54) is 16.9 Å². The zero-order chi connectivity index (χ0) is 14.1. The molecule has 1 aromatic carbocycles. The van der Waals surface area contributed by atoms with Crippen LogP contribution in [0.1, 0.15) is 11.1 Å². The smallest absolute Gasteiger partial charge is 0.282 e. The van der Waals surface area contributed by atoms with Gasteiger partial charge in [0.05, 0.1) is 5.39 Å². The Morgan fingerprint density at radius 1 is 1.20 bits per heavy atom. The Labute approximate surface area is 120 Å². The van der Waals surface area contributed by atoms with E-state index >= 15 is 0 Å². The van der Waals surface area contributed by atoms with E-state index in [2.05, 4.69) is 21.4 Å². The minimum absolute atomic E-state index is 0.251. The molecule has 0 atom stereocenters. The highest BCUT2D eigenvalue weighted by Gasteiger charge is 2.06. The van der Waals surface area contributed by atoms with Crippen LogP contribution in [0.25, 0.3) is 10.2 Å². The molecule has 100 valence electrons. The maximum Gasteiger partial charge on any atom is 0.282 e. The van der Waals surface area contributed by atoms with E-state index in [4.69, 9.17) is 0 Å². The molecule has 2 aromatic heterocycles. The quantitative estimate of drug-likeness (QED) is 0.783. The van der Waals surface area contributed by atoms with Crippen molar-refractivity contribution in [3.05, 3.63) is 58.0 Å². The van der Waals surface area contributed by atoms with Gasteiger partial charge in [-0.05, 0) is 37.6 Å². The molecule has 1 N–H and O–H groups in total. The highest BCUT2D eigenvalue weighted by atomic mass is 32.1. The second kappa shape index (κ2) is 5.02. The number of aryl methyl sites for hydroxylation is 2. The van der Waals surface area contributed by atoms with Gasteiger partial charge >= 0.3 is 0 Å². The van der Waals surface area contributed by atoms with Crippen molar-refractivity contribution < 1.29 is 0 Å². The van der Waals surface area contributed by atoms with Crippen molar-refractivity contribution in [1.29, 1.82) is 0 Å². The third-order valence-electron chi connectivity index (χ3n) is 3.02. The normalized spacial score (nSPS) is 10.7. The molecule has 0 spiro atoms. The lowest BCUT2D eigenvalue weighted by molar-refractivity contribution is 1.28. The predicted octanol–water partition coefficient (Wildman–Crippen LogP) is 3.41. The number of nitrogens with one attached hydrogen (secondary N) is 1. The second-order valence-electron chi connectivity index (χ2n) is 4.62. The minimum Gasteiger partial charge on any atom is -0.331 e. The predicted molar refractivity (Wildman–Crippen MR) is 82.9 cm³/mol. The maximum atomic E-state index is 11.9. The third kappa shape index (κ3) is 2.40. The monoisotopic (exact) mass is 283 g/mol. The first-order chi connectivity index (χ1) is 9.63. The molecule has 0 aliphatic rings. The summed E-state index contributed by atoms with van der Waals surface area (Å²) in [6.45, 7) is 4.07. The Bertz CT molecular complexity index is 842. The number of hydrogen-bond donors (Lipinski definition) is 1. The van der Waals surface area contributed by atoms with Crippen molar-refractivity contribution in [2.75, 3.05) is 5.32 Å². The molecular formula is C15H13N3OS. The Balaban J connectivity index is 2.05. The van der Waals surface area contributed by atoms with Crippen molar-refractivity contribution >= 4 is 32.4 Å². The van der Waals surface area contributed by atoms with Crippen LogP contribution >= 0.6 is 11.3 Å². The summed E-state index contributed by atoms with van der Waals surface area (Å²) in [5.74, 6) is 0. The van der Waals surface area contributed by atoms with Crippen molar-refractivity contribution in [1.82, 2.24) is 9.97 Å². The van der Waals surface area contributed by atoms with Gasteiger partial charge in [-0.3, -0.25) is 4.79 Å². The van der Waals surface area contributed by atoms with Crippen molar-refractivity contribution in [3.63, 3.8) is 0 Å². The van der Waals surface area contributed by atoms with Gasteiger partial charge < -0.3 is 5.32 Å². The number of benzene rings is 1. The molecule has 3 rings (SSSR count). The molecule has 0 bridgehead atoms. The molecule has 20 heavy (non-hydrogen) atoms. The minimum atomic E-state index is -0.251. The fourth-order valence-electron chi connectivity index (χ4n) is 2.02. The van der Waals surface area contributed by atoms with Gasteiger partial charge in [-0.1, -0.05) is 29.0 Å². The first kappa shape index (κ1) is 12.7. The Kier molecular flexibility index (Phi) is 3.20. The van der Waals surface area contributed by atoms with Crippen LogP contribution < -0.4 is 10.9 Å². The van der Waals surface area contributed by atoms with Crippen molar-refractivity contribution in [2.45, 2.75) is 13.8 Å². The highest BCUT2D eigenvalue weighted by molar-refractivity contribution is 7.21. The number of rotatable bonds is 2. The van der Waals surface area contributed by atoms with Crippen molar-refractivity contribution in [3.8, 4) is 0 Å². The Morgan fingerprint density at radius 3 is 2.85 bits per heavy atom. The SMILES string of the molecule is Cc1ccc(Nc2nc(=O)c3cccnc3s2)c(C)c1. The fourth-order valence-corrected chi connectivity index (χ4v) is 2.88. The van der Waals surface area contributed by atoms with E-state index in [-0.39, 0.29) is 5.56 Å². The van der Waals surface area contributed by atoms with Gasteiger partial charge in [0.25, 0.3) is 5.56 Å². The average molecular weight is 283 g/mol. The summed E-state index contributed by atoms with van der Waals surface area (Å²) in [6, 6.07) is 9.60. The van der Waals surface area contributed by atoms with Gasteiger partial charge in [0.1, 0.15) is 4.83 Å². The molecule has 0 radical (unpaired) electrons. The number of anilines is 2. The molecule has 5 heteroatoms. The standard InChI is InChI=1S/C15H13N3OS/c1-9-5-6-12(10(2)8-9)17-15-18-13(19)11-4-3-7-16-14(11)20-15/h3-8H,1-2H3,(H,17,18,19). The topological polar surface area (TPSA) is 54.9 Å². The maximum absolute atomic E-state index is 11.9. The van der Waals surface area contributed by atoms with E-state index < -0.39 is 0 Å². The van der Waals surface area contributed by atoms with Crippen LogP contribution in [0.15, 0.2) is 41.3 Å². The van der Waals surface area contributed by atoms with Gasteiger partial charge in [0.2, 0.25) is 0 Å². The molecule has 4 nitrogen and oxygen atoms in total. The van der Waals surface area contributed by atoms with Crippen LogP contribution in [-0.2, 0) is 0 Å². The van der Waals surface area contributed by atoms with Crippen LogP contribution in [-0.4, -0.2) is 9.97 Å². The van der Waals surface area contributed by atoms with Crippen LogP contribution in [0, 0.1) is 13.8 Å². The van der Waals surface area contributed by atoms with Crippen LogP contribution in [0.5, 0.6) is 0 Å². The van der Waals surface area contributed by atoms with Gasteiger partial charge in [0, 0.05) is 11.9 Å². The van der Waals surface area contributed by atoms with E-state index in [1.807, 2.05) is 26.0 Å². The summed E-state index contributed by atoms with van der Waals surface area (Å²) in [6.07, 6.45) is 1.68. The molecule has 2 heterocycles. The lowest BCUT2D eigenvalue weighted by Crippen LogP contribution is -2.08. The van der Waals surface area contributed by atoms with Gasteiger partial charge in [0.15, 0.2) is 5.13 Å². The van der Waals surface area contributed by atoms with Gasteiger partial charge in [-0.25, -0.2) is 4.98 Å². The van der Waals surface area contributed by atoms with Crippen LogP contribution in [0.4, 0.5) is 10.8 Å². The molecule has 0 amide bonds. The first-order valence-corrected chi connectivity index (χ1v) is 7.05. The van der Waals surface area contributed by atoms with E-state index in [0.29, 0.717) is 15.3 Å². The third-order valence-corrected chi connectivity index (χ3v) is 3.93. The zero-order valence-corrected chi connectivity index (χ0v) is 12.0. The lowest BCUT2D eigenvalue weighted by atomic mass is 10.1. The summed E-state index contributed by atoms with van der Waals surface area (Å²) >= 11 is 1.38.